The van der Waals surface area contributed by atoms with Crippen LogP contribution in [0, 0.1) is 11.7 Å². The molecule has 40 heavy (non-hydrogen) atoms. The lowest BCUT2D eigenvalue weighted by molar-refractivity contribution is -0.142. The summed E-state index contributed by atoms with van der Waals surface area (Å²) in [5.41, 5.74) is -1.71. The molecule has 2 aliphatic rings. The average molecular weight is 587 g/mol. The third-order valence-electron chi connectivity index (χ3n) is 7.45. The Kier molecular flexibility index (Phi) is 8.19. The Morgan fingerprint density at radius 2 is 1.88 bits per heavy atom. The number of rotatable bonds is 4. The number of hydrogen-bond acceptors (Lipinski definition) is 4. The lowest BCUT2D eigenvalue weighted by Crippen LogP contribution is -2.54. The molecule has 1 atom stereocenters. The van der Waals surface area contributed by atoms with Crippen LogP contribution in [0.3, 0.4) is 0 Å². The zero-order valence-corrected chi connectivity index (χ0v) is 24.1. The monoisotopic (exact) mass is 586 g/mol. The Bertz CT molecular complexity index is 1290. The maximum Gasteiger partial charge on any atom is 0.435 e. The molecule has 1 fully saturated rings. The summed E-state index contributed by atoms with van der Waals surface area (Å²) < 4.78 is 62.5. The Labute approximate surface area is 236 Å². The number of carbonyl (C=O) groups excluding carboxylic acids is 2. The van der Waals surface area contributed by atoms with Crippen molar-refractivity contribution in [2.45, 2.75) is 90.7 Å². The molecule has 0 bridgehead atoms. The van der Waals surface area contributed by atoms with E-state index in [1.54, 1.807) is 9.80 Å². The SMILES string of the molecule is CC(C)(C)OC(=O)N1CCC(CC(=O)N2CCc3c(C(F)(F)F)nn(Cc4ccc(Cl)cc4F)c3C2)CC1(C)C. The number of amides is 2. The number of ether oxygens (including phenoxy) is 1. The molecule has 3 heterocycles. The first kappa shape index (κ1) is 30.1. The molecule has 1 unspecified atom stereocenters. The predicted molar refractivity (Wildman–Crippen MR) is 141 cm³/mol. The zero-order chi connectivity index (χ0) is 29.6. The third-order valence-corrected chi connectivity index (χ3v) is 7.69. The summed E-state index contributed by atoms with van der Waals surface area (Å²) in [5, 5.41) is 3.98. The van der Waals surface area contributed by atoms with Crippen LogP contribution in [0.4, 0.5) is 22.4 Å². The topological polar surface area (TPSA) is 67.7 Å². The van der Waals surface area contributed by atoms with Gasteiger partial charge in [0, 0.05) is 41.2 Å². The van der Waals surface area contributed by atoms with Gasteiger partial charge in [-0.1, -0.05) is 17.7 Å². The lowest BCUT2D eigenvalue weighted by atomic mass is 9.81. The Hall–Kier alpha value is -2.82. The Morgan fingerprint density at radius 1 is 1.18 bits per heavy atom. The minimum atomic E-state index is -4.67. The minimum Gasteiger partial charge on any atom is -0.444 e. The fourth-order valence-electron chi connectivity index (χ4n) is 5.60. The fourth-order valence-corrected chi connectivity index (χ4v) is 5.76. The number of aromatic nitrogens is 2. The highest BCUT2D eigenvalue weighted by molar-refractivity contribution is 6.30. The highest BCUT2D eigenvalue weighted by Gasteiger charge is 2.43. The number of alkyl halides is 3. The van der Waals surface area contributed by atoms with Gasteiger partial charge in [-0.15, -0.1) is 0 Å². The Balaban J connectivity index is 1.48. The molecule has 1 saturated heterocycles. The van der Waals surface area contributed by atoms with Crippen LogP contribution in [0.1, 0.15) is 76.4 Å². The molecule has 0 N–H and O–H groups in total. The zero-order valence-electron chi connectivity index (χ0n) is 23.4. The number of nitrogens with zero attached hydrogens (tertiary/aromatic N) is 4. The maximum atomic E-state index is 14.5. The molecule has 0 radical (unpaired) electrons. The lowest BCUT2D eigenvalue weighted by Gasteiger charge is -2.45. The van der Waals surface area contributed by atoms with E-state index in [-0.39, 0.29) is 66.1 Å². The van der Waals surface area contributed by atoms with Crippen LogP contribution in [0.25, 0.3) is 0 Å². The van der Waals surface area contributed by atoms with Gasteiger partial charge in [-0.3, -0.25) is 9.48 Å². The van der Waals surface area contributed by atoms with Gasteiger partial charge in [-0.2, -0.15) is 18.3 Å². The number of hydrogen-bond donors (Lipinski definition) is 0. The fraction of sp³-hybridized carbons (Fsp3) is 0.607. The maximum absolute atomic E-state index is 14.5. The van der Waals surface area contributed by atoms with Crippen molar-refractivity contribution < 1.29 is 31.9 Å². The normalized spacial score (nSPS) is 19.4. The van der Waals surface area contributed by atoms with E-state index in [2.05, 4.69) is 5.10 Å². The number of fused-ring (bicyclic) bond motifs is 1. The molecular weight excluding hydrogens is 552 g/mol. The van der Waals surface area contributed by atoms with Crippen molar-refractivity contribution in [1.82, 2.24) is 19.6 Å². The molecule has 2 amide bonds. The van der Waals surface area contributed by atoms with E-state index in [0.717, 1.165) is 10.7 Å². The molecule has 1 aromatic heterocycles. The van der Waals surface area contributed by atoms with E-state index < -0.39 is 34.9 Å². The molecule has 7 nitrogen and oxygen atoms in total. The van der Waals surface area contributed by atoms with Crippen molar-refractivity contribution in [3.05, 3.63) is 51.6 Å². The number of likely N-dealkylation sites (tertiary alicyclic amines) is 1. The molecule has 0 spiro atoms. The summed E-state index contributed by atoms with van der Waals surface area (Å²) in [4.78, 5) is 29.3. The van der Waals surface area contributed by atoms with Crippen LogP contribution >= 0.6 is 11.6 Å². The van der Waals surface area contributed by atoms with Crippen molar-refractivity contribution in [2.24, 2.45) is 5.92 Å². The number of carbonyl (C=O) groups is 2. The second kappa shape index (κ2) is 10.9. The van der Waals surface area contributed by atoms with E-state index in [0.29, 0.717) is 19.4 Å². The second-order valence-corrected chi connectivity index (χ2v) is 12.7. The van der Waals surface area contributed by atoms with Crippen molar-refractivity contribution in [1.29, 1.82) is 0 Å². The van der Waals surface area contributed by atoms with Crippen LogP contribution in [0.15, 0.2) is 18.2 Å². The Morgan fingerprint density at radius 3 is 2.48 bits per heavy atom. The van der Waals surface area contributed by atoms with E-state index >= 15 is 0 Å². The van der Waals surface area contributed by atoms with Gasteiger partial charge in [0.05, 0.1) is 18.8 Å². The van der Waals surface area contributed by atoms with Crippen LogP contribution in [0.2, 0.25) is 5.02 Å². The molecule has 2 aliphatic heterocycles. The van der Waals surface area contributed by atoms with Gasteiger partial charge in [0.15, 0.2) is 5.69 Å². The summed E-state index contributed by atoms with van der Waals surface area (Å²) in [6.07, 6.45) is -3.65. The molecule has 2 aromatic rings. The van der Waals surface area contributed by atoms with Crippen molar-refractivity contribution in [2.75, 3.05) is 13.1 Å². The molecular formula is C28H35ClF4N4O3. The van der Waals surface area contributed by atoms with Crippen molar-refractivity contribution in [3.63, 3.8) is 0 Å². The van der Waals surface area contributed by atoms with Gasteiger partial charge in [0.2, 0.25) is 5.91 Å². The van der Waals surface area contributed by atoms with E-state index in [9.17, 15) is 27.2 Å². The molecule has 220 valence electrons. The molecule has 1 aromatic carbocycles. The van der Waals surface area contributed by atoms with E-state index in [4.69, 9.17) is 16.3 Å². The first-order valence-electron chi connectivity index (χ1n) is 13.3. The highest BCUT2D eigenvalue weighted by Crippen LogP contribution is 2.37. The summed E-state index contributed by atoms with van der Waals surface area (Å²) >= 11 is 5.82. The van der Waals surface area contributed by atoms with Gasteiger partial charge in [0.25, 0.3) is 0 Å². The van der Waals surface area contributed by atoms with Gasteiger partial charge < -0.3 is 14.5 Å². The molecule has 0 saturated carbocycles. The van der Waals surface area contributed by atoms with Crippen LogP contribution in [0.5, 0.6) is 0 Å². The van der Waals surface area contributed by atoms with Crippen LogP contribution < -0.4 is 0 Å². The predicted octanol–water partition coefficient (Wildman–Crippen LogP) is 6.44. The number of halogens is 5. The second-order valence-electron chi connectivity index (χ2n) is 12.2. The summed E-state index contributed by atoms with van der Waals surface area (Å²) in [5.74, 6) is -0.813. The van der Waals surface area contributed by atoms with Gasteiger partial charge in [-0.05, 0) is 71.9 Å². The first-order valence-corrected chi connectivity index (χ1v) is 13.7. The molecule has 4 rings (SSSR count). The largest absolute Gasteiger partial charge is 0.444 e. The highest BCUT2D eigenvalue weighted by atomic mass is 35.5. The summed E-state index contributed by atoms with van der Waals surface area (Å²) in [7, 11) is 0. The smallest absolute Gasteiger partial charge is 0.435 e. The van der Waals surface area contributed by atoms with Gasteiger partial charge >= 0.3 is 12.3 Å². The van der Waals surface area contributed by atoms with Crippen LogP contribution in [-0.2, 0) is 35.2 Å². The van der Waals surface area contributed by atoms with E-state index in [1.807, 2.05) is 34.6 Å². The average Bonchev–Trinajstić information content (AvgIpc) is 3.17. The van der Waals surface area contributed by atoms with E-state index in [1.165, 1.54) is 12.1 Å². The third kappa shape index (κ3) is 6.72. The first-order chi connectivity index (χ1) is 18.4. The molecule has 12 heteroatoms. The molecule has 0 aliphatic carbocycles. The summed E-state index contributed by atoms with van der Waals surface area (Å²) in [6, 6.07) is 3.98. The van der Waals surface area contributed by atoms with Crippen LogP contribution in [-0.4, -0.2) is 55.8 Å². The number of piperidine rings is 1. The van der Waals surface area contributed by atoms with Crippen molar-refractivity contribution >= 4 is 23.6 Å². The standard InChI is InChI=1S/C28H35ClF4N4O3/c1-26(2,3)40-25(39)36-11-8-17(14-27(36,4)5)12-23(38)35-10-9-20-22(16-35)37(34-24(20)28(31,32)33)15-18-6-7-19(29)13-21(18)30/h6-7,13,17H,8-12,14-16H2,1-5H3. The quantitative estimate of drug-likeness (QED) is 0.387. The van der Waals surface area contributed by atoms with Gasteiger partial charge in [0.1, 0.15) is 11.4 Å². The van der Waals surface area contributed by atoms with Gasteiger partial charge in [-0.25, -0.2) is 9.18 Å². The minimum absolute atomic E-state index is 0.00129. The number of benzene rings is 1. The summed E-state index contributed by atoms with van der Waals surface area (Å²) in [6.45, 7) is 9.61. The van der Waals surface area contributed by atoms with Crippen molar-refractivity contribution in [3.8, 4) is 0 Å².